The average molecular weight is 358 g/mol. The van der Waals surface area contributed by atoms with Crippen LogP contribution < -0.4 is 10.6 Å². The van der Waals surface area contributed by atoms with Gasteiger partial charge in [-0.2, -0.15) is 5.10 Å². The summed E-state index contributed by atoms with van der Waals surface area (Å²) in [7, 11) is 0. The van der Waals surface area contributed by atoms with Gasteiger partial charge in [0.15, 0.2) is 5.82 Å². The van der Waals surface area contributed by atoms with Crippen molar-refractivity contribution in [2.24, 2.45) is 0 Å². The summed E-state index contributed by atoms with van der Waals surface area (Å²) in [4.78, 5) is 20.9. The number of nitrogens with zero attached hydrogens (tertiary/aromatic N) is 4. The number of carbonyl (C=O) groups is 1. The van der Waals surface area contributed by atoms with Crippen LogP contribution in [0.1, 0.15) is 10.4 Å². The summed E-state index contributed by atoms with van der Waals surface area (Å²) in [6.45, 7) is 1.02. The van der Waals surface area contributed by atoms with Gasteiger partial charge in [-0.3, -0.25) is 4.79 Å². The molecular weight excluding hydrogens is 340 g/mol. The number of amides is 1. The molecule has 2 aromatic carbocycles. The Morgan fingerprint density at radius 2 is 1.89 bits per heavy atom. The second-order valence-corrected chi connectivity index (χ2v) is 5.92. The molecule has 0 fully saturated rings. The summed E-state index contributed by atoms with van der Waals surface area (Å²) in [6.07, 6.45) is 4.99. The minimum absolute atomic E-state index is 0.0893. The second kappa shape index (κ2) is 7.65. The van der Waals surface area contributed by atoms with Crippen molar-refractivity contribution in [3.63, 3.8) is 0 Å². The smallest absolute Gasteiger partial charge is 0.251 e. The van der Waals surface area contributed by atoms with Crippen LogP contribution >= 0.6 is 0 Å². The molecule has 2 aromatic heterocycles. The van der Waals surface area contributed by atoms with Gasteiger partial charge in [0.1, 0.15) is 12.1 Å². The van der Waals surface area contributed by atoms with Crippen LogP contribution in [0.15, 0.2) is 73.3 Å². The van der Waals surface area contributed by atoms with Crippen LogP contribution in [0.3, 0.4) is 0 Å². The largest absolute Gasteiger partial charge is 0.368 e. The predicted molar refractivity (Wildman–Crippen MR) is 104 cm³/mol. The van der Waals surface area contributed by atoms with Gasteiger partial charge in [0.05, 0.1) is 0 Å². The number of anilines is 1. The fourth-order valence-electron chi connectivity index (χ4n) is 2.86. The number of hydrogen-bond donors (Lipinski definition) is 2. The molecule has 4 rings (SSSR count). The first-order valence-corrected chi connectivity index (χ1v) is 8.63. The summed E-state index contributed by atoms with van der Waals surface area (Å²) in [6, 6.07) is 17.2. The van der Waals surface area contributed by atoms with E-state index in [2.05, 4.69) is 25.7 Å². The normalized spacial score (nSPS) is 10.7. The molecule has 0 bridgehead atoms. The standard InChI is InChI=1S/C20H18N6O/c27-20(17-8-3-6-15-5-1-2-7-16(15)17)22-11-10-21-18-13-19(24-14-23-18)26-12-4-9-25-26/h1-9,12-14H,10-11H2,(H,22,27)(H,21,23,24). The molecule has 0 radical (unpaired) electrons. The van der Waals surface area contributed by atoms with Gasteiger partial charge in [0.25, 0.3) is 5.91 Å². The van der Waals surface area contributed by atoms with E-state index in [1.165, 1.54) is 6.33 Å². The number of carbonyl (C=O) groups excluding carboxylic acids is 1. The first-order chi connectivity index (χ1) is 13.3. The molecule has 0 aliphatic carbocycles. The second-order valence-electron chi connectivity index (χ2n) is 5.92. The lowest BCUT2D eigenvalue weighted by molar-refractivity contribution is 0.0957. The molecule has 4 aromatic rings. The Bertz CT molecular complexity index is 1060. The average Bonchev–Trinajstić information content (AvgIpc) is 3.26. The van der Waals surface area contributed by atoms with E-state index >= 15 is 0 Å². The van der Waals surface area contributed by atoms with E-state index in [4.69, 9.17) is 0 Å². The van der Waals surface area contributed by atoms with Crippen molar-refractivity contribution in [3.8, 4) is 5.82 Å². The monoisotopic (exact) mass is 358 g/mol. The quantitative estimate of drug-likeness (QED) is 0.518. The Morgan fingerprint density at radius 1 is 1.00 bits per heavy atom. The Morgan fingerprint density at radius 3 is 2.78 bits per heavy atom. The zero-order valence-electron chi connectivity index (χ0n) is 14.5. The lowest BCUT2D eigenvalue weighted by Gasteiger charge is -2.10. The predicted octanol–water partition coefficient (Wildman–Crippen LogP) is 2.66. The van der Waals surface area contributed by atoms with Crippen LogP contribution in [0.4, 0.5) is 5.82 Å². The molecular formula is C20H18N6O. The van der Waals surface area contributed by atoms with Crippen LogP contribution in [0.25, 0.3) is 16.6 Å². The highest BCUT2D eigenvalue weighted by Crippen LogP contribution is 2.18. The van der Waals surface area contributed by atoms with Gasteiger partial charge < -0.3 is 10.6 Å². The summed E-state index contributed by atoms with van der Waals surface area (Å²) in [5.41, 5.74) is 0.677. The van der Waals surface area contributed by atoms with E-state index in [1.54, 1.807) is 16.9 Å². The molecule has 134 valence electrons. The minimum Gasteiger partial charge on any atom is -0.368 e. The van der Waals surface area contributed by atoms with Gasteiger partial charge in [0.2, 0.25) is 0 Å². The molecule has 0 unspecified atom stereocenters. The highest BCUT2D eigenvalue weighted by atomic mass is 16.1. The van der Waals surface area contributed by atoms with Crippen molar-refractivity contribution >= 4 is 22.5 Å². The van der Waals surface area contributed by atoms with Gasteiger partial charge in [-0.1, -0.05) is 36.4 Å². The van der Waals surface area contributed by atoms with E-state index in [9.17, 15) is 4.79 Å². The van der Waals surface area contributed by atoms with Gasteiger partial charge in [-0.15, -0.1) is 0 Å². The number of fused-ring (bicyclic) bond motifs is 1. The summed E-state index contributed by atoms with van der Waals surface area (Å²) < 4.78 is 1.66. The molecule has 0 aliphatic rings. The summed E-state index contributed by atoms with van der Waals surface area (Å²) in [5, 5.41) is 12.3. The van der Waals surface area contributed by atoms with Crippen LogP contribution in [-0.4, -0.2) is 38.7 Å². The SMILES string of the molecule is O=C(NCCNc1cc(-n2cccn2)ncn1)c1cccc2ccccc12. The number of aromatic nitrogens is 4. The van der Waals surface area contributed by atoms with Crippen LogP contribution in [0.2, 0.25) is 0 Å². The third-order valence-corrected chi connectivity index (χ3v) is 4.14. The van der Waals surface area contributed by atoms with E-state index in [-0.39, 0.29) is 5.91 Å². The fourth-order valence-corrected chi connectivity index (χ4v) is 2.86. The number of hydrogen-bond acceptors (Lipinski definition) is 5. The molecule has 7 nitrogen and oxygen atoms in total. The Labute approximate surface area is 156 Å². The molecule has 0 saturated heterocycles. The molecule has 1 amide bonds. The lowest BCUT2D eigenvalue weighted by Crippen LogP contribution is -2.29. The van der Waals surface area contributed by atoms with Crippen LogP contribution in [0.5, 0.6) is 0 Å². The first-order valence-electron chi connectivity index (χ1n) is 8.63. The first kappa shape index (κ1) is 16.7. The number of nitrogens with one attached hydrogen (secondary N) is 2. The Balaban J connectivity index is 1.35. The summed E-state index contributed by atoms with van der Waals surface area (Å²) in [5.74, 6) is 1.26. The van der Waals surface area contributed by atoms with Gasteiger partial charge in [0, 0.05) is 37.1 Å². The van der Waals surface area contributed by atoms with E-state index in [0.29, 0.717) is 30.3 Å². The van der Waals surface area contributed by atoms with Crippen molar-refractivity contribution in [2.45, 2.75) is 0 Å². The maximum Gasteiger partial charge on any atom is 0.251 e. The van der Waals surface area contributed by atoms with E-state index in [0.717, 1.165) is 10.8 Å². The minimum atomic E-state index is -0.0893. The third kappa shape index (κ3) is 3.77. The third-order valence-electron chi connectivity index (χ3n) is 4.14. The molecule has 7 heteroatoms. The Kier molecular flexibility index (Phi) is 4.74. The molecule has 27 heavy (non-hydrogen) atoms. The maximum absolute atomic E-state index is 12.5. The van der Waals surface area contributed by atoms with Crippen molar-refractivity contribution in [1.82, 2.24) is 25.1 Å². The lowest BCUT2D eigenvalue weighted by atomic mass is 10.0. The van der Waals surface area contributed by atoms with Crippen molar-refractivity contribution in [1.29, 1.82) is 0 Å². The molecule has 2 N–H and O–H groups in total. The molecule has 0 aliphatic heterocycles. The highest BCUT2D eigenvalue weighted by molar-refractivity contribution is 6.06. The molecule has 0 spiro atoms. The van der Waals surface area contributed by atoms with Crippen molar-refractivity contribution in [2.75, 3.05) is 18.4 Å². The van der Waals surface area contributed by atoms with Crippen LogP contribution in [-0.2, 0) is 0 Å². The van der Waals surface area contributed by atoms with Gasteiger partial charge in [-0.25, -0.2) is 14.6 Å². The van der Waals surface area contributed by atoms with Gasteiger partial charge in [-0.05, 0) is 22.9 Å². The highest BCUT2D eigenvalue weighted by Gasteiger charge is 2.08. The Hall–Kier alpha value is -3.74. The fraction of sp³-hybridized carbons (Fsp3) is 0.100. The van der Waals surface area contributed by atoms with Gasteiger partial charge >= 0.3 is 0 Å². The van der Waals surface area contributed by atoms with Crippen LogP contribution in [0, 0.1) is 0 Å². The van der Waals surface area contributed by atoms with E-state index in [1.807, 2.05) is 54.7 Å². The zero-order valence-corrected chi connectivity index (χ0v) is 14.5. The summed E-state index contributed by atoms with van der Waals surface area (Å²) >= 11 is 0. The number of benzene rings is 2. The molecule has 0 saturated carbocycles. The number of rotatable bonds is 6. The molecule has 2 heterocycles. The van der Waals surface area contributed by atoms with Crippen molar-refractivity contribution < 1.29 is 4.79 Å². The zero-order chi connectivity index (χ0) is 18.5. The van der Waals surface area contributed by atoms with Crippen molar-refractivity contribution in [3.05, 3.63) is 78.9 Å². The maximum atomic E-state index is 12.5. The van der Waals surface area contributed by atoms with E-state index < -0.39 is 0 Å². The topological polar surface area (TPSA) is 84.7 Å². The molecule has 0 atom stereocenters.